The number of rotatable bonds is 2. The van der Waals surface area contributed by atoms with Crippen molar-refractivity contribution >= 4 is 62.6 Å². The number of nitrogens with zero attached hydrogens (tertiary/aromatic N) is 2. The van der Waals surface area contributed by atoms with Gasteiger partial charge in [0.15, 0.2) is 0 Å². The fraction of sp³-hybridized carbons (Fsp3) is 0.0417. The van der Waals surface area contributed by atoms with Gasteiger partial charge in [-0.1, -0.05) is 0 Å². The van der Waals surface area contributed by atoms with E-state index in [2.05, 4.69) is 46.3 Å². The number of hydrogen-bond acceptors (Lipinski definition) is 5. The van der Waals surface area contributed by atoms with Crippen LogP contribution in [0.15, 0.2) is 89.1 Å². The van der Waals surface area contributed by atoms with Gasteiger partial charge in [0, 0.05) is 0 Å². The van der Waals surface area contributed by atoms with Crippen molar-refractivity contribution in [2.75, 3.05) is 4.90 Å². The van der Waals surface area contributed by atoms with Crippen LogP contribution in [0.2, 0.25) is 0 Å². The van der Waals surface area contributed by atoms with Crippen LogP contribution >= 0.6 is 11.3 Å². The second-order valence-electron chi connectivity index (χ2n) is 7.19. The van der Waals surface area contributed by atoms with Gasteiger partial charge in [-0.3, -0.25) is 0 Å². The van der Waals surface area contributed by atoms with E-state index in [1.807, 2.05) is 18.3 Å². The molecule has 3 heterocycles. The van der Waals surface area contributed by atoms with Crippen LogP contribution in [0.5, 0.6) is 0 Å². The number of anilines is 2. The van der Waals surface area contributed by atoms with Crippen molar-refractivity contribution in [1.29, 1.82) is 0 Å². The minimum atomic E-state index is -0.479. The quantitative estimate of drug-likeness (QED) is 0.294. The molecule has 1 aliphatic heterocycles. The van der Waals surface area contributed by atoms with Crippen LogP contribution in [0.1, 0.15) is 26.5 Å². The first-order valence-corrected chi connectivity index (χ1v) is 12.7. The van der Waals surface area contributed by atoms with Crippen molar-refractivity contribution < 1.29 is 9.59 Å². The Morgan fingerprint density at radius 3 is 2.77 bits per heavy atom. The molecule has 30 heavy (non-hydrogen) atoms. The molecule has 0 saturated heterocycles. The predicted octanol–water partition coefficient (Wildman–Crippen LogP) is 3.47. The summed E-state index contributed by atoms with van der Waals surface area (Å²) in [6, 6.07) is 14.4. The molecule has 0 amide bonds. The molecule has 0 radical (unpaired) electrons. The number of hydrogen-bond donors (Lipinski definition) is 0. The van der Waals surface area contributed by atoms with Crippen LogP contribution in [-0.4, -0.2) is 37.5 Å². The molecule has 1 aromatic carbocycles. The van der Waals surface area contributed by atoms with Gasteiger partial charge in [0.2, 0.25) is 0 Å². The molecule has 2 aliphatic carbocycles. The van der Waals surface area contributed by atoms with Gasteiger partial charge in [-0.15, -0.1) is 0 Å². The summed E-state index contributed by atoms with van der Waals surface area (Å²) in [7, 11) is 0. The molecule has 0 spiro atoms. The molecule has 4 nitrogen and oxygen atoms in total. The molecule has 3 aromatic rings. The second kappa shape index (κ2) is 6.88. The zero-order chi connectivity index (χ0) is 20.2. The Labute approximate surface area is 187 Å². The van der Waals surface area contributed by atoms with Crippen molar-refractivity contribution in [2.45, 2.75) is 6.42 Å². The summed E-state index contributed by atoms with van der Waals surface area (Å²) in [5.74, 6) is 0.689. The SMILES string of the molecule is O=C1/C(=C\C2=CC=C(N3c4ccccc4[Te]c4cccnc43)C2)C(=O)c2sccc21. The Kier molecular flexibility index (Phi) is 4.14. The minimum absolute atomic E-state index is 0.153. The van der Waals surface area contributed by atoms with Crippen LogP contribution in [0.25, 0.3) is 0 Å². The molecule has 6 heteroatoms. The number of aromatic nitrogens is 1. The molecule has 0 atom stereocenters. The molecule has 0 unspecified atom stereocenters. The van der Waals surface area contributed by atoms with Gasteiger partial charge in [-0.2, -0.15) is 0 Å². The van der Waals surface area contributed by atoms with Crippen LogP contribution < -0.4 is 12.1 Å². The van der Waals surface area contributed by atoms with Crippen LogP contribution in [-0.2, 0) is 0 Å². The number of Topliss-reactive ketones (excluding diaryl/α,β-unsaturated/α-hetero) is 2. The summed E-state index contributed by atoms with van der Waals surface area (Å²) in [6.07, 6.45) is 8.35. The van der Waals surface area contributed by atoms with Crippen LogP contribution in [0.4, 0.5) is 11.5 Å². The summed E-state index contributed by atoms with van der Waals surface area (Å²) in [4.78, 5) is 32.7. The third kappa shape index (κ3) is 2.69. The summed E-state index contributed by atoms with van der Waals surface area (Å²) in [5.41, 5.74) is 4.08. The van der Waals surface area contributed by atoms with E-state index in [1.54, 1.807) is 17.5 Å². The number of fused-ring (bicyclic) bond motifs is 3. The van der Waals surface area contributed by atoms with Crippen LogP contribution in [0, 0.1) is 0 Å². The number of benzene rings is 1. The van der Waals surface area contributed by atoms with Crippen molar-refractivity contribution in [3.05, 3.63) is 99.6 Å². The predicted molar refractivity (Wildman–Crippen MR) is 120 cm³/mol. The second-order valence-corrected chi connectivity index (χ2v) is 11.2. The number of pyridine rings is 1. The van der Waals surface area contributed by atoms with E-state index < -0.39 is 20.9 Å². The first kappa shape index (κ1) is 18.0. The zero-order valence-electron chi connectivity index (χ0n) is 15.7. The summed E-state index contributed by atoms with van der Waals surface area (Å²) >= 11 is 0.858. The molecule has 6 rings (SSSR count). The molecule has 2 aromatic heterocycles. The summed E-state index contributed by atoms with van der Waals surface area (Å²) in [5, 5.41) is 1.80. The van der Waals surface area contributed by atoms with E-state index in [4.69, 9.17) is 0 Å². The van der Waals surface area contributed by atoms with E-state index >= 15 is 0 Å². The third-order valence-electron chi connectivity index (χ3n) is 5.39. The summed E-state index contributed by atoms with van der Waals surface area (Å²) < 4.78 is 2.71. The van der Waals surface area contributed by atoms with Gasteiger partial charge in [0.1, 0.15) is 0 Å². The van der Waals surface area contributed by atoms with Crippen molar-refractivity contribution in [1.82, 2.24) is 4.98 Å². The molecule has 0 saturated carbocycles. The topological polar surface area (TPSA) is 50.3 Å². The van der Waals surface area contributed by atoms with Gasteiger partial charge in [0.05, 0.1) is 0 Å². The van der Waals surface area contributed by atoms with E-state index in [-0.39, 0.29) is 17.1 Å². The van der Waals surface area contributed by atoms with E-state index in [0.29, 0.717) is 16.9 Å². The number of thiophene rings is 1. The number of allylic oxidation sites excluding steroid dienone is 5. The molecule has 144 valence electrons. The summed E-state index contributed by atoms with van der Waals surface area (Å²) in [6.45, 7) is 0. The van der Waals surface area contributed by atoms with E-state index in [1.165, 1.54) is 24.2 Å². The molecule has 3 aliphatic rings. The molecular formula is C24H14N2O2STe. The Balaban J connectivity index is 1.33. The number of ketones is 2. The first-order chi connectivity index (χ1) is 14.7. The number of carbonyl (C=O) groups is 2. The first-order valence-electron chi connectivity index (χ1n) is 9.51. The van der Waals surface area contributed by atoms with Crippen molar-refractivity contribution in [2.24, 2.45) is 0 Å². The average Bonchev–Trinajstić information content (AvgIpc) is 3.48. The third-order valence-corrected chi connectivity index (χ3v) is 9.45. The Bertz CT molecular complexity index is 1270. The van der Waals surface area contributed by atoms with Crippen molar-refractivity contribution in [3.8, 4) is 0 Å². The van der Waals surface area contributed by atoms with Gasteiger partial charge in [0.25, 0.3) is 0 Å². The van der Waals surface area contributed by atoms with Gasteiger partial charge in [-0.05, 0) is 0 Å². The number of carbonyl (C=O) groups excluding carboxylic acids is 2. The fourth-order valence-electron chi connectivity index (χ4n) is 4.02. The van der Waals surface area contributed by atoms with Gasteiger partial charge in [-0.25, -0.2) is 0 Å². The Hall–Kier alpha value is -2.78. The molecule has 0 N–H and O–H groups in total. The standard InChI is InChI=1S/C24H14N2O2STe/c27-21-16-9-11-29-23(16)22(28)17(21)13-14-7-8-15(12-14)26-18-4-1-2-5-19(18)30-20-6-3-10-25-24(20)26/h1-11,13H,12H2/b17-13+. The van der Waals surface area contributed by atoms with Gasteiger partial charge >= 0.3 is 188 Å². The normalized spacial score (nSPS) is 18.3. The van der Waals surface area contributed by atoms with Gasteiger partial charge < -0.3 is 0 Å². The van der Waals surface area contributed by atoms with E-state index in [9.17, 15) is 9.59 Å². The monoisotopic (exact) mass is 524 g/mol. The molecule has 0 bridgehead atoms. The maximum atomic E-state index is 12.6. The maximum absolute atomic E-state index is 12.6. The fourth-order valence-corrected chi connectivity index (χ4v) is 7.80. The average molecular weight is 522 g/mol. The number of para-hydroxylation sites is 1. The molecular weight excluding hydrogens is 508 g/mol. The zero-order valence-corrected chi connectivity index (χ0v) is 18.8. The Morgan fingerprint density at radius 2 is 1.87 bits per heavy atom. The van der Waals surface area contributed by atoms with E-state index in [0.717, 1.165) is 17.1 Å². The van der Waals surface area contributed by atoms with Crippen molar-refractivity contribution in [3.63, 3.8) is 0 Å². The Morgan fingerprint density at radius 1 is 1.00 bits per heavy atom. The van der Waals surface area contributed by atoms with Crippen LogP contribution in [0.3, 0.4) is 0 Å². The molecule has 0 fully saturated rings.